The summed E-state index contributed by atoms with van der Waals surface area (Å²) in [5.41, 5.74) is 0. The van der Waals surface area contributed by atoms with Crippen LogP contribution in [-0.4, -0.2) is 145 Å². The number of carbonyl (C=O) groups excluding carboxylic acids is 1. The monoisotopic (exact) mass is 502 g/mol. The average Bonchev–Trinajstić information content (AvgIpc) is 2.61. The van der Waals surface area contributed by atoms with Gasteiger partial charge in [0.2, 0.25) is 0 Å². The molecule has 0 amide bonds. The predicted octanol–water partition coefficient (Wildman–Crippen LogP) is 3.45. The predicted molar refractivity (Wildman–Crippen MR) is 123 cm³/mol. The summed E-state index contributed by atoms with van der Waals surface area (Å²) in [6.07, 6.45) is 15.7. The fraction of sp³-hybridized carbons (Fsp3) is 0.900. The maximum absolute atomic E-state index is 11.6. The number of carboxylic acids is 1. The molecule has 0 aromatic carbocycles. The first kappa shape index (κ1) is 36.7. The van der Waals surface area contributed by atoms with Gasteiger partial charge in [0, 0.05) is 0 Å². The van der Waals surface area contributed by atoms with Crippen LogP contribution in [0, 0.1) is 0 Å². The van der Waals surface area contributed by atoms with E-state index in [1.165, 1.54) is 64.2 Å². The molecule has 0 fully saturated rings. The van der Waals surface area contributed by atoms with E-state index in [0.717, 1.165) is 19.3 Å². The van der Waals surface area contributed by atoms with Crippen molar-refractivity contribution in [2.24, 2.45) is 0 Å². The zero-order valence-corrected chi connectivity index (χ0v) is 18.1. The van der Waals surface area contributed by atoms with Gasteiger partial charge in [0.05, 0.1) is 13.0 Å². The summed E-state index contributed by atoms with van der Waals surface area (Å²) >= 11 is 0. The summed E-state index contributed by atoms with van der Waals surface area (Å²) in [5, 5.41) is 6.56. The molecule has 0 aliphatic carbocycles. The minimum atomic E-state index is -4.79. The standard InChI is InChI=1S/C20H38O7S.2K.2H/c1-2-3-4-5-6-7-8-9-10-11-12-13-14-15-16-27-20(23)18(17-19(21)22)28(24,25)26;;;;/h18H,2-17H2,1H3,(H,21,22)(H,24,25,26);;;;. The molecule has 0 radical (unpaired) electrons. The second-order valence-corrected chi connectivity index (χ2v) is 8.96. The van der Waals surface area contributed by atoms with Gasteiger partial charge >= 0.3 is 115 Å². The quantitative estimate of drug-likeness (QED) is 0.120. The summed E-state index contributed by atoms with van der Waals surface area (Å²) in [6.45, 7) is 2.26. The third-order valence-corrected chi connectivity index (χ3v) is 5.80. The molecule has 1 unspecified atom stereocenters. The van der Waals surface area contributed by atoms with Gasteiger partial charge in [-0.3, -0.25) is 14.1 Å². The van der Waals surface area contributed by atoms with Crippen molar-refractivity contribution in [2.45, 2.75) is 108 Å². The van der Waals surface area contributed by atoms with Crippen molar-refractivity contribution in [3.8, 4) is 0 Å². The molecule has 7 nitrogen and oxygen atoms in total. The minimum absolute atomic E-state index is 0. The van der Waals surface area contributed by atoms with Gasteiger partial charge in [-0.15, -0.1) is 0 Å². The SMILES string of the molecule is CCCCCCCCCCCCCCCCOC(=O)C(CC(=O)O)S(=O)(=O)O.[KH].[KH]. The summed E-state index contributed by atoms with van der Waals surface area (Å²) in [5.74, 6) is -2.70. The molecule has 0 bridgehead atoms. The van der Waals surface area contributed by atoms with Crippen LogP contribution in [0.4, 0.5) is 0 Å². The van der Waals surface area contributed by atoms with Crippen LogP contribution in [0.3, 0.4) is 0 Å². The Morgan fingerprint density at radius 3 is 1.47 bits per heavy atom. The molecule has 0 aliphatic heterocycles. The van der Waals surface area contributed by atoms with Crippen molar-refractivity contribution in [1.82, 2.24) is 0 Å². The molecular formula is C20H40K2O7S. The number of ether oxygens (including phenoxy) is 1. The van der Waals surface area contributed by atoms with E-state index in [1.54, 1.807) is 0 Å². The van der Waals surface area contributed by atoms with E-state index in [2.05, 4.69) is 6.92 Å². The number of hydrogen-bond acceptors (Lipinski definition) is 5. The number of carboxylic acid groups (broad SMARTS) is 1. The van der Waals surface area contributed by atoms with Gasteiger partial charge in [-0.1, -0.05) is 90.4 Å². The Bertz CT molecular complexity index is 527. The van der Waals surface area contributed by atoms with E-state index in [4.69, 9.17) is 14.4 Å². The van der Waals surface area contributed by atoms with Crippen LogP contribution >= 0.6 is 0 Å². The van der Waals surface area contributed by atoms with Gasteiger partial charge in [-0.05, 0) is 6.42 Å². The van der Waals surface area contributed by atoms with Gasteiger partial charge in [-0.25, -0.2) is 0 Å². The van der Waals surface area contributed by atoms with Gasteiger partial charge in [-0.2, -0.15) is 8.42 Å². The second-order valence-electron chi connectivity index (χ2n) is 7.37. The van der Waals surface area contributed by atoms with E-state index in [-0.39, 0.29) is 109 Å². The van der Waals surface area contributed by atoms with Crippen LogP contribution in [0.15, 0.2) is 0 Å². The number of rotatable bonds is 19. The molecule has 0 saturated carbocycles. The zero-order chi connectivity index (χ0) is 21.3. The van der Waals surface area contributed by atoms with Crippen molar-refractivity contribution in [2.75, 3.05) is 6.61 Å². The fourth-order valence-electron chi connectivity index (χ4n) is 3.03. The van der Waals surface area contributed by atoms with Crippen molar-refractivity contribution in [3.63, 3.8) is 0 Å². The number of hydrogen-bond donors (Lipinski definition) is 2. The first-order valence-electron chi connectivity index (χ1n) is 10.6. The molecule has 0 aliphatic rings. The molecule has 170 valence electrons. The molecule has 0 heterocycles. The topological polar surface area (TPSA) is 118 Å². The maximum atomic E-state index is 11.6. The average molecular weight is 503 g/mol. The van der Waals surface area contributed by atoms with E-state index in [0.29, 0.717) is 6.42 Å². The molecule has 0 spiro atoms. The van der Waals surface area contributed by atoms with Crippen LogP contribution in [0.25, 0.3) is 0 Å². The van der Waals surface area contributed by atoms with Crippen LogP contribution in [0.5, 0.6) is 0 Å². The van der Waals surface area contributed by atoms with Crippen LogP contribution in [-0.2, 0) is 24.4 Å². The van der Waals surface area contributed by atoms with Gasteiger partial charge in [0.25, 0.3) is 10.1 Å². The number of aliphatic carboxylic acids is 1. The summed E-state index contributed by atoms with van der Waals surface area (Å²) in [6, 6.07) is 0. The van der Waals surface area contributed by atoms with Crippen molar-refractivity contribution >= 4 is 125 Å². The molecule has 0 saturated heterocycles. The molecule has 10 heteroatoms. The Kier molecular flexibility index (Phi) is 29.7. The van der Waals surface area contributed by atoms with E-state index < -0.39 is 33.7 Å². The molecule has 2 N–H and O–H groups in total. The van der Waals surface area contributed by atoms with E-state index >= 15 is 0 Å². The van der Waals surface area contributed by atoms with Gasteiger partial charge in [0.15, 0.2) is 5.25 Å². The summed E-state index contributed by atoms with van der Waals surface area (Å²) in [7, 11) is -4.79. The Morgan fingerprint density at radius 1 is 0.767 bits per heavy atom. The molecule has 30 heavy (non-hydrogen) atoms. The molecule has 0 aromatic rings. The van der Waals surface area contributed by atoms with Crippen molar-refractivity contribution in [1.29, 1.82) is 0 Å². The normalized spacial score (nSPS) is 11.8. The van der Waals surface area contributed by atoms with Gasteiger partial charge in [0.1, 0.15) is 0 Å². The van der Waals surface area contributed by atoms with Crippen molar-refractivity contribution in [3.05, 3.63) is 0 Å². The first-order valence-corrected chi connectivity index (χ1v) is 12.1. The van der Waals surface area contributed by atoms with E-state index in [9.17, 15) is 18.0 Å². The number of carbonyl (C=O) groups is 2. The molecule has 0 rings (SSSR count). The van der Waals surface area contributed by atoms with E-state index in [1.807, 2.05) is 0 Å². The number of esters is 1. The van der Waals surface area contributed by atoms with Crippen molar-refractivity contribution < 1.29 is 32.4 Å². The molecule has 1 atom stereocenters. The molecule has 0 aromatic heterocycles. The van der Waals surface area contributed by atoms with Crippen LogP contribution in [0.2, 0.25) is 0 Å². The van der Waals surface area contributed by atoms with Crippen LogP contribution < -0.4 is 0 Å². The Morgan fingerprint density at radius 2 is 1.13 bits per heavy atom. The summed E-state index contributed by atoms with van der Waals surface area (Å²) in [4.78, 5) is 22.2. The third kappa shape index (κ3) is 23.3. The first-order chi connectivity index (χ1) is 13.3. The van der Waals surface area contributed by atoms with Gasteiger partial charge < -0.3 is 9.84 Å². The van der Waals surface area contributed by atoms with Crippen LogP contribution in [0.1, 0.15) is 103 Å². The Labute approximate surface area is 267 Å². The zero-order valence-electron chi connectivity index (χ0n) is 17.2. The Balaban J connectivity index is -0.00000364. The third-order valence-electron chi connectivity index (χ3n) is 4.72. The molecular weight excluding hydrogens is 462 g/mol. The Hall–Kier alpha value is 2.12. The number of unbranched alkanes of at least 4 members (excludes halogenated alkanes) is 13. The fourth-order valence-corrected chi connectivity index (χ4v) is 3.70. The second kappa shape index (κ2) is 24.3. The summed E-state index contributed by atoms with van der Waals surface area (Å²) < 4.78 is 35.8.